The van der Waals surface area contributed by atoms with E-state index in [0.29, 0.717) is 0 Å². The quantitative estimate of drug-likeness (QED) is 0.549. The van der Waals surface area contributed by atoms with Crippen molar-refractivity contribution in [3.8, 4) is 28.4 Å². The first-order chi connectivity index (χ1) is 12.3. The van der Waals surface area contributed by atoms with E-state index < -0.39 is 0 Å². The number of fused-ring (bicyclic) bond motifs is 3. The molecular weight excluding hydrogens is 324 g/mol. The van der Waals surface area contributed by atoms with Crippen molar-refractivity contribution >= 4 is 0 Å². The molecule has 0 amide bonds. The lowest BCUT2D eigenvalue weighted by Crippen LogP contribution is -2.16. The third-order valence-corrected chi connectivity index (χ3v) is 4.42. The van der Waals surface area contributed by atoms with Gasteiger partial charge in [0.1, 0.15) is 0 Å². The summed E-state index contributed by atoms with van der Waals surface area (Å²) in [6.45, 7) is 14.4. The highest BCUT2D eigenvalue weighted by atomic mass is 16.6. The van der Waals surface area contributed by atoms with Crippen LogP contribution in [0, 0.1) is 6.92 Å². The topological polar surface area (TPSA) is 27.7 Å². The van der Waals surface area contributed by atoms with Gasteiger partial charge in [0.05, 0.1) is 18.3 Å². The molecule has 0 bridgehead atoms. The zero-order valence-corrected chi connectivity index (χ0v) is 17.0. The van der Waals surface area contributed by atoms with Crippen LogP contribution in [0.25, 0.3) is 11.1 Å². The summed E-state index contributed by atoms with van der Waals surface area (Å²) < 4.78 is 18.8. The largest absolute Gasteiger partial charge is 0.487 e. The maximum atomic E-state index is 6.29. The highest BCUT2D eigenvalue weighted by Crippen LogP contribution is 2.53. The number of rotatable bonds is 6. The molecule has 1 aliphatic rings. The first-order valence-corrected chi connectivity index (χ1v) is 9.57. The SMILES string of the molecule is Cc1c(OC(C)C)c(OC(C)C)c(OC(C)C)c2c1-c1ccccc1C2. The fraction of sp³-hybridized carbons (Fsp3) is 0.478. The van der Waals surface area contributed by atoms with Gasteiger partial charge in [-0.3, -0.25) is 0 Å². The Morgan fingerprint density at radius 2 is 1.27 bits per heavy atom. The van der Waals surface area contributed by atoms with Crippen LogP contribution in [0.4, 0.5) is 0 Å². The zero-order valence-electron chi connectivity index (χ0n) is 17.0. The monoisotopic (exact) mass is 354 g/mol. The normalized spacial score (nSPS) is 12.5. The van der Waals surface area contributed by atoms with Crippen molar-refractivity contribution in [3.63, 3.8) is 0 Å². The summed E-state index contributed by atoms with van der Waals surface area (Å²) in [5.41, 5.74) is 6.19. The van der Waals surface area contributed by atoms with E-state index >= 15 is 0 Å². The molecule has 0 heterocycles. The van der Waals surface area contributed by atoms with Crippen molar-refractivity contribution in [1.82, 2.24) is 0 Å². The Hall–Kier alpha value is -2.16. The third kappa shape index (κ3) is 3.40. The van der Waals surface area contributed by atoms with Gasteiger partial charge in [-0.1, -0.05) is 24.3 Å². The van der Waals surface area contributed by atoms with Gasteiger partial charge in [-0.15, -0.1) is 0 Å². The predicted molar refractivity (Wildman–Crippen MR) is 107 cm³/mol. The van der Waals surface area contributed by atoms with Gasteiger partial charge < -0.3 is 14.2 Å². The Morgan fingerprint density at radius 3 is 1.88 bits per heavy atom. The molecule has 0 spiro atoms. The van der Waals surface area contributed by atoms with E-state index in [9.17, 15) is 0 Å². The second kappa shape index (κ2) is 7.22. The van der Waals surface area contributed by atoms with E-state index in [1.807, 2.05) is 27.7 Å². The van der Waals surface area contributed by atoms with Gasteiger partial charge in [-0.2, -0.15) is 0 Å². The molecule has 0 saturated heterocycles. The molecule has 1 aliphatic carbocycles. The molecule has 140 valence electrons. The van der Waals surface area contributed by atoms with Crippen LogP contribution in [0.15, 0.2) is 24.3 Å². The van der Waals surface area contributed by atoms with Crippen molar-refractivity contribution in [2.75, 3.05) is 0 Å². The fourth-order valence-corrected chi connectivity index (χ4v) is 3.59. The van der Waals surface area contributed by atoms with Crippen LogP contribution < -0.4 is 14.2 Å². The number of ether oxygens (including phenoxy) is 3. The van der Waals surface area contributed by atoms with Crippen LogP contribution >= 0.6 is 0 Å². The Morgan fingerprint density at radius 1 is 0.731 bits per heavy atom. The molecule has 0 radical (unpaired) electrons. The average Bonchev–Trinajstić information content (AvgIpc) is 2.93. The number of hydrogen-bond acceptors (Lipinski definition) is 3. The third-order valence-electron chi connectivity index (χ3n) is 4.42. The molecule has 26 heavy (non-hydrogen) atoms. The second-order valence-electron chi connectivity index (χ2n) is 7.80. The van der Waals surface area contributed by atoms with Crippen LogP contribution in [-0.2, 0) is 6.42 Å². The van der Waals surface area contributed by atoms with E-state index in [0.717, 1.165) is 29.2 Å². The summed E-state index contributed by atoms with van der Waals surface area (Å²) in [5, 5.41) is 0. The Kier molecular flexibility index (Phi) is 5.17. The van der Waals surface area contributed by atoms with Gasteiger partial charge in [-0.05, 0) is 65.2 Å². The van der Waals surface area contributed by atoms with Gasteiger partial charge in [0.2, 0.25) is 5.75 Å². The summed E-state index contributed by atoms with van der Waals surface area (Å²) in [5.74, 6) is 2.38. The highest BCUT2D eigenvalue weighted by molar-refractivity contribution is 5.86. The molecule has 3 rings (SSSR count). The van der Waals surface area contributed by atoms with E-state index in [-0.39, 0.29) is 18.3 Å². The van der Waals surface area contributed by atoms with E-state index in [4.69, 9.17) is 14.2 Å². The first-order valence-electron chi connectivity index (χ1n) is 9.57. The minimum absolute atomic E-state index is 0.0419. The molecule has 0 aliphatic heterocycles. The van der Waals surface area contributed by atoms with Crippen LogP contribution in [0.2, 0.25) is 0 Å². The summed E-state index contributed by atoms with van der Waals surface area (Å²) in [4.78, 5) is 0. The number of benzene rings is 2. The second-order valence-corrected chi connectivity index (χ2v) is 7.80. The predicted octanol–water partition coefficient (Wildman–Crippen LogP) is 5.93. The van der Waals surface area contributed by atoms with E-state index in [2.05, 4.69) is 45.0 Å². The molecule has 0 aromatic heterocycles. The molecule has 3 heteroatoms. The fourth-order valence-electron chi connectivity index (χ4n) is 3.59. The standard InChI is InChI=1S/C23H30O3/c1-13(2)24-21-16(7)20-18-11-9-8-10-17(18)12-19(20)22(25-14(3)4)23(21)26-15(5)6/h8-11,13-15H,12H2,1-7H3. The zero-order chi connectivity index (χ0) is 19.0. The maximum Gasteiger partial charge on any atom is 0.204 e. The molecular formula is C23H30O3. The minimum atomic E-state index is 0.0419. The van der Waals surface area contributed by atoms with Gasteiger partial charge in [-0.25, -0.2) is 0 Å². The lowest BCUT2D eigenvalue weighted by Gasteiger charge is -2.26. The average molecular weight is 354 g/mol. The molecule has 2 aromatic carbocycles. The molecule has 0 fully saturated rings. The van der Waals surface area contributed by atoms with Gasteiger partial charge in [0.25, 0.3) is 0 Å². The van der Waals surface area contributed by atoms with Gasteiger partial charge >= 0.3 is 0 Å². The van der Waals surface area contributed by atoms with E-state index in [1.54, 1.807) is 0 Å². The van der Waals surface area contributed by atoms with Crippen LogP contribution in [0.5, 0.6) is 17.2 Å². The van der Waals surface area contributed by atoms with Crippen molar-refractivity contribution in [3.05, 3.63) is 41.0 Å². The first kappa shape index (κ1) is 18.6. The van der Waals surface area contributed by atoms with E-state index in [1.165, 1.54) is 22.3 Å². The molecule has 0 unspecified atom stereocenters. The lowest BCUT2D eigenvalue weighted by atomic mass is 9.97. The van der Waals surface area contributed by atoms with Crippen molar-refractivity contribution < 1.29 is 14.2 Å². The van der Waals surface area contributed by atoms with Crippen LogP contribution in [0.3, 0.4) is 0 Å². The minimum Gasteiger partial charge on any atom is -0.487 e. The van der Waals surface area contributed by atoms with Gasteiger partial charge in [0, 0.05) is 17.5 Å². The van der Waals surface area contributed by atoms with Crippen molar-refractivity contribution in [2.24, 2.45) is 0 Å². The van der Waals surface area contributed by atoms with Gasteiger partial charge in [0.15, 0.2) is 11.5 Å². The molecule has 0 saturated carbocycles. The number of hydrogen-bond donors (Lipinski definition) is 0. The molecule has 0 N–H and O–H groups in total. The van der Waals surface area contributed by atoms with Crippen LogP contribution in [-0.4, -0.2) is 18.3 Å². The lowest BCUT2D eigenvalue weighted by molar-refractivity contribution is 0.175. The van der Waals surface area contributed by atoms with Crippen LogP contribution in [0.1, 0.15) is 58.2 Å². The maximum absolute atomic E-state index is 6.29. The van der Waals surface area contributed by atoms with Crippen molar-refractivity contribution in [1.29, 1.82) is 0 Å². The summed E-state index contributed by atoms with van der Waals surface area (Å²) in [6.07, 6.45) is 1.03. The molecule has 0 atom stereocenters. The molecule has 2 aromatic rings. The highest BCUT2D eigenvalue weighted by Gasteiger charge is 2.32. The Balaban J connectivity index is 2.30. The Bertz CT molecular complexity index is 804. The Labute approximate surface area is 157 Å². The smallest absolute Gasteiger partial charge is 0.204 e. The van der Waals surface area contributed by atoms with Crippen molar-refractivity contribution in [2.45, 2.75) is 73.2 Å². The summed E-state index contributed by atoms with van der Waals surface area (Å²) >= 11 is 0. The molecule has 3 nitrogen and oxygen atoms in total. The summed E-state index contributed by atoms with van der Waals surface area (Å²) in [6, 6.07) is 8.58. The summed E-state index contributed by atoms with van der Waals surface area (Å²) in [7, 11) is 0.